The van der Waals surface area contributed by atoms with Crippen molar-refractivity contribution >= 4 is 88.3 Å². The first-order valence-corrected chi connectivity index (χ1v) is 25.5. The fraction of sp³-hybridized carbons (Fsp3) is 0.152. The average molecular weight is 873 g/mol. The third-order valence-corrected chi connectivity index (χ3v) is 17.8. The Kier molecular flexibility index (Phi) is 8.37. The number of allylic oxidation sites excluding steroid dienone is 7. The molecule has 0 bridgehead atoms. The van der Waals surface area contributed by atoms with Crippen LogP contribution in [0.25, 0.3) is 110 Å². The largest absolute Gasteiger partial charge is 0.140 e. The van der Waals surface area contributed by atoms with Gasteiger partial charge in [0.15, 0.2) is 0 Å². The van der Waals surface area contributed by atoms with Gasteiger partial charge in [-0.3, -0.25) is 0 Å². The number of rotatable bonds is 5. The smallest absolute Gasteiger partial charge is 0.0352 e. The van der Waals surface area contributed by atoms with Gasteiger partial charge in [0.25, 0.3) is 0 Å². The lowest BCUT2D eigenvalue weighted by Gasteiger charge is -2.37. The monoisotopic (exact) mass is 872 g/mol. The molecule has 0 aliphatic heterocycles. The molecule has 4 atom stereocenters. The molecule has 1 heteroatoms. The molecule has 9 aromatic carbocycles. The zero-order valence-corrected chi connectivity index (χ0v) is 38.3. The summed E-state index contributed by atoms with van der Waals surface area (Å²) in [7, 11) is 0. The van der Waals surface area contributed by atoms with Crippen molar-refractivity contribution in [1.82, 2.24) is 0 Å². The van der Waals surface area contributed by atoms with Crippen molar-refractivity contribution in [3.05, 3.63) is 214 Å². The van der Waals surface area contributed by atoms with E-state index in [2.05, 4.69) is 194 Å². The van der Waals surface area contributed by atoms with Gasteiger partial charge in [0.05, 0.1) is 0 Å². The molecular formula is C66H48S. The fourth-order valence-electron chi connectivity index (χ4n) is 13.2. The van der Waals surface area contributed by atoms with E-state index in [9.17, 15) is 0 Å². The Hall–Kier alpha value is -7.06. The summed E-state index contributed by atoms with van der Waals surface area (Å²) in [5.41, 5.74) is 15.1. The summed E-state index contributed by atoms with van der Waals surface area (Å²) in [6.45, 7) is 0. The molecule has 67 heavy (non-hydrogen) atoms. The summed E-state index contributed by atoms with van der Waals surface area (Å²) >= 11 is 1.97. The molecule has 0 amide bonds. The lowest BCUT2D eigenvalue weighted by molar-refractivity contribution is 0.330. The molecule has 0 fully saturated rings. The van der Waals surface area contributed by atoms with Crippen molar-refractivity contribution < 1.29 is 0 Å². The normalized spacial score (nSPS) is 20.5. The van der Waals surface area contributed by atoms with E-state index in [1.54, 1.807) is 11.1 Å². The van der Waals surface area contributed by atoms with Crippen LogP contribution in [0.5, 0.6) is 0 Å². The first-order valence-electron chi connectivity index (χ1n) is 24.6. The summed E-state index contributed by atoms with van der Waals surface area (Å²) in [6.07, 6.45) is 27.0. The molecule has 0 radical (unpaired) electrons. The Balaban J connectivity index is 0.727. The average Bonchev–Trinajstić information content (AvgIpc) is 3.76. The second-order valence-electron chi connectivity index (χ2n) is 20.0. The van der Waals surface area contributed by atoms with Gasteiger partial charge in [-0.05, 0) is 184 Å². The number of fused-ring (bicyclic) bond motifs is 4. The Bertz CT molecular complexity index is 3960. The summed E-state index contributed by atoms with van der Waals surface area (Å²) in [5.74, 6) is 2.42. The van der Waals surface area contributed by atoms with Crippen LogP contribution >= 0.6 is 11.3 Å². The topological polar surface area (TPSA) is 0 Å². The van der Waals surface area contributed by atoms with E-state index < -0.39 is 0 Å². The highest BCUT2D eigenvalue weighted by molar-refractivity contribution is 7.19. The molecule has 4 unspecified atom stereocenters. The molecule has 5 aliphatic carbocycles. The second kappa shape index (κ2) is 14.7. The van der Waals surface area contributed by atoms with Crippen LogP contribution in [0.15, 0.2) is 182 Å². The van der Waals surface area contributed by atoms with Crippen molar-refractivity contribution in [2.75, 3.05) is 0 Å². The molecule has 15 rings (SSSR count). The third kappa shape index (κ3) is 5.90. The number of benzene rings is 9. The summed E-state index contributed by atoms with van der Waals surface area (Å²) < 4.78 is 1.38. The predicted molar refractivity (Wildman–Crippen MR) is 288 cm³/mol. The van der Waals surface area contributed by atoms with Crippen molar-refractivity contribution in [3.8, 4) is 33.4 Å². The quantitative estimate of drug-likeness (QED) is 0.119. The van der Waals surface area contributed by atoms with Gasteiger partial charge in [-0.2, -0.15) is 0 Å². The molecule has 318 valence electrons. The van der Waals surface area contributed by atoms with E-state index in [0.29, 0.717) is 17.8 Å². The van der Waals surface area contributed by atoms with Crippen LogP contribution in [-0.4, -0.2) is 0 Å². The predicted octanol–water partition coefficient (Wildman–Crippen LogP) is 16.6. The van der Waals surface area contributed by atoms with Gasteiger partial charge in [-0.25, -0.2) is 0 Å². The molecule has 0 saturated heterocycles. The highest BCUT2D eigenvalue weighted by Crippen LogP contribution is 2.47. The van der Waals surface area contributed by atoms with Gasteiger partial charge in [-0.15, -0.1) is 11.3 Å². The van der Waals surface area contributed by atoms with E-state index in [1.807, 2.05) is 11.3 Å². The van der Waals surface area contributed by atoms with E-state index in [4.69, 9.17) is 0 Å². The first-order chi connectivity index (χ1) is 33.2. The maximum absolute atomic E-state index is 2.55. The standard InChI is InChI=1S/C66H48S/c1-2-5-49-36-52(19-12-39(49)4-1)55-30-22-48-24-32-57-54(29-21-47-25-33-58(55)66(48)65(47)57)43-15-10-41(11-16-43)51-27-35-62-60(38-51)59-37-50(26-34-61(59)67-62)40-8-13-42(14-9-40)53-28-20-46-18-17-44-6-3-7-45-23-31-56(53)64(46)63(44)45/h1,3-4,6-26,28-32,34,37-39,49,52,58H,2,5,27,33,35-36H2. The van der Waals surface area contributed by atoms with Gasteiger partial charge in [0.2, 0.25) is 0 Å². The summed E-state index contributed by atoms with van der Waals surface area (Å²) in [4.78, 5) is 1.51. The minimum Gasteiger partial charge on any atom is -0.140 e. The van der Waals surface area contributed by atoms with Crippen molar-refractivity contribution in [2.24, 2.45) is 17.8 Å². The Labute approximate surface area is 395 Å². The molecule has 0 N–H and O–H groups in total. The Morgan fingerprint density at radius 3 is 2.07 bits per heavy atom. The summed E-state index contributed by atoms with van der Waals surface area (Å²) in [5, 5.41) is 15.0. The molecule has 5 aliphatic rings. The second-order valence-corrected chi connectivity index (χ2v) is 21.2. The van der Waals surface area contributed by atoms with Crippen LogP contribution < -0.4 is 10.4 Å². The van der Waals surface area contributed by atoms with E-state index >= 15 is 0 Å². The molecule has 1 heterocycles. The third-order valence-electron chi connectivity index (χ3n) is 16.6. The van der Waals surface area contributed by atoms with Crippen LogP contribution in [0.1, 0.15) is 59.6 Å². The van der Waals surface area contributed by atoms with Crippen molar-refractivity contribution in [3.63, 3.8) is 0 Å². The SMILES string of the molecule is C1=CC2C=CC(C3=CC=c4ccc5c(-c6ccc(C7=Cc8c(sc9ccc(-c%10ccc(-c%11ccc%12ccc%13cccc%14ccc%11c%12c%13%14)cc%10)cc89)CC7)cc6)ccc6c5c4C3CC=6)CC2CC1. The molecule has 0 saturated carbocycles. The minimum absolute atomic E-state index is 0.462. The van der Waals surface area contributed by atoms with Gasteiger partial charge in [0, 0.05) is 20.9 Å². The zero-order chi connectivity index (χ0) is 43.7. The number of hydrogen-bond donors (Lipinski definition) is 0. The lowest BCUT2D eigenvalue weighted by atomic mass is 9.67. The van der Waals surface area contributed by atoms with Gasteiger partial charge < -0.3 is 0 Å². The molecule has 0 spiro atoms. The fourth-order valence-corrected chi connectivity index (χ4v) is 14.4. The number of hydrogen-bond acceptors (Lipinski definition) is 1. The van der Waals surface area contributed by atoms with Crippen molar-refractivity contribution in [1.29, 1.82) is 0 Å². The van der Waals surface area contributed by atoms with E-state index in [0.717, 1.165) is 25.2 Å². The summed E-state index contributed by atoms with van der Waals surface area (Å²) in [6, 6.07) is 55.8. The Morgan fingerprint density at radius 1 is 0.522 bits per heavy atom. The van der Waals surface area contributed by atoms with Crippen molar-refractivity contribution in [2.45, 2.75) is 44.4 Å². The van der Waals surface area contributed by atoms with E-state index in [1.165, 1.54) is 138 Å². The van der Waals surface area contributed by atoms with Gasteiger partial charge in [0.1, 0.15) is 0 Å². The number of thiophene rings is 1. The molecular weight excluding hydrogens is 825 g/mol. The first kappa shape index (κ1) is 38.1. The minimum atomic E-state index is 0.462. The molecule has 1 aromatic heterocycles. The van der Waals surface area contributed by atoms with E-state index in [-0.39, 0.29) is 0 Å². The maximum Gasteiger partial charge on any atom is 0.0352 e. The van der Waals surface area contributed by atoms with Crippen LogP contribution in [0.3, 0.4) is 0 Å². The Morgan fingerprint density at radius 2 is 1.22 bits per heavy atom. The van der Waals surface area contributed by atoms with Gasteiger partial charge in [-0.1, -0.05) is 182 Å². The maximum atomic E-state index is 2.55. The zero-order valence-electron chi connectivity index (χ0n) is 37.4. The highest BCUT2D eigenvalue weighted by atomic mass is 32.1. The molecule has 0 nitrogen and oxygen atoms in total. The van der Waals surface area contributed by atoms with Crippen LogP contribution in [0.2, 0.25) is 0 Å². The lowest BCUT2D eigenvalue weighted by Crippen LogP contribution is -2.29. The molecule has 10 aromatic rings. The van der Waals surface area contributed by atoms with Crippen LogP contribution in [0.4, 0.5) is 0 Å². The number of aryl methyl sites for hydroxylation is 1. The van der Waals surface area contributed by atoms with Gasteiger partial charge >= 0.3 is 0 Å². The highest BCUT2D eigenvalue weighted by Gasteiger charge is 2.34. The van der Waals surface area contributed by atoms with Crippen LogP contribution in [-0.2, 0) is 6.42 Å². The van der Waals surface area contributed by atoms with Crippen LogP contribution in [0, 0.1) is 17.8 Å².